The summed E-state index contributed by atoms with van der Waals surface area (Å²) < 4.78 is 4.42. The molecule has 0 aliphatic rings. The zero-order valence-corrected chi connectivity index (χ0v) is 11.0. The molecule has 0 spiro atoms. The van der Waals surface area contributed by atoms with Crippen molar-refractivity contribution in [1.29, 1.82) is 0 Å². The Morgan fingerprint density at radius 2 is 2.00 bits per heavy atom. The predicted octanol–water partition coefficient (Wildman–Crippen LogP) is 0.536. The van der Waals surface area contributed by atoms with Crippen molar-refractivity contribution < 1.29 is 24.2 Å². The van der Waals surface area contributed by atoms with Crippen LogP contribution in [0.15, 0.2) is 18.2 Å². The van der Waals surface area contributed by atoms with E-state index in [1.165, 1.54) is 25.3 Å². The molecule has 0 atom stereocenters. The van der Waals surface area contributed by atoms with Crippen LogP contribution in [0.1, 0.15) is 28.8 Å². The van der Waals surface area contributed by atoms with E-state index >= 15 is 0 Å². The van der Waals surface area contributed by atoms with E-state index in [1.807, 2.05) is 0 Å². The summed E-state index contributed by atoms with van der Waals surface area (Å²) in [6, 6.07) is 4.26. The summed E-state index contributed by atoms with van der Waals surface area (Å²) >= 11 is 0. The molecule has 0 saturated heterocycles. The van der Waals surface area contributed by atoms with Crippen LogP contribution < -0.4 is 11.1 Å². The number of nitrogen functional groups attached to an aromatic ring is 1. The fourth-order valence-electron chi connectivity index (χ4n) is 1.49. The van der Waals surface area contributed by atoms with E-state index < -0.39 is 11.9 Å². The van der Waals surface area contributed by atoms with Crippen LogP contribution in [0.25, 0.3) is 0 Å². The van der Waals surface area contributed by atoms with E-state index in [2.05, 4.69) is 10.1 Å². The third kappa shape index (κ3) is 4.60. The second-order valence-corrected chi connectivity index (χ2v) is 4.07. The van der Waals surface area contributed by atoms with Gasteiger partial charge in [0.25, 0.3) is 0 Å². The molecule has 0 heterocycles. The number of amides is 1. The van der Waals surface area contributed by atoms with Gasteiger partial charge in [0.05, 0.1) is 19.1 Å². The van der Waals surface area contributed by atoms with Crippen molar-refractivity contribution in [3.8, 4) is 0 Å². The molecule has 0 aliphatic carbocycles. The van der Waals surface area contributed by atoms with E-state index in [4.69, 9.17) is 10.8 Å². The van der Waals surface area contributed by atoms with E-state index in [1.54, 1.807) is 0 Å². The van der Waals surface area contributed by atoms with Gasteiger partial charge in [-0.3, -0.25) is 9.59 Å². The van der Waals surface area contributed by atoms with Crippen molar-refractivity contribution in [1.82, 2.24) is 5.32 Å². The molecule has 0 bridgehead atoms. The van der Waals surface area contributed by atoms with Gasteiger partial charge < -0.3 is 20.9 Å². The maximum atomic E-state index is 11.5. The van der Waals surface area contributed by atoms with Crippen LogP contribution in [0.2, 0.25) is 0 Å². The largest absolute Gasteiger partial charge is 0.478 e. The quantitative estimate of drug-likeness (QED) is 0.517. The summed E-state index contributed by atoms with van der Waals surface area (Å²) in [6.07, 6.45) is -0.00181. The molecule has 4 N–H and O–H groups in total. The van der Waals surface area contributed by atoms with Crippen molar-refractivity contribution in [3.05, 3.63) is 29.3 Å². The maximum Gasteiger partial charge on any atom is 0.335 e. The molecule has 0 aromatic heterocycles. The number of nitrogens with one attached hydrogen (secondary N) is 1. The molecule has 0 unspecified atom stereocenters. The molecule has 20 heavy (non-hydrogen) atoms. The monoisotopic (exact) mass is 280 g/mol. The molecular weight excluding hydrogens is 264 g/mol. The number of carboxylic acids is 1. The molecule has 0 fully saturated rings. The summed E-state index contributed by atoms with van der Waals surface area (Å²) in [5.41, 5.74) is 6.70. The molecule has 7 heteroatoms. The fourth-order valence-corrected chi connectivity index (χ4v) is 1.49. The van der Waals surface area contributed by atoms with Gasteiger partial charge in [-0.15, -0.1) is 0 Å². The molecule has 0 radical (unpaired) electrons. The Morgan fingerprint density at radius 1 is 1.30 bits per heavy atom. The molecule has 1 aromatic carbocycles. The number of nitrogens with two attached hydrogens (primary N) is 1. The highest BCUT2D eigenvalue weighted by Crippen LogP contribution is 2.14. The molecule has 1 aromatic rings. The third-order valence-electron chi connectivity index (χ3n) is 2.65. The van der Waals surface area contributed by atoms with Crippen LogP contribution >= 0.6 is 0 Å². The van der Waals surface area contributed by atoms with Gasteiger partial charge in [0.1, 0.15) is 0 Å². The lowest BCUT2D eigenvalue weighted by Gasteiger charge is -2.08. The Labute approximate surface area is 115 Å². The molecule has 0 aliphatic heterocycles. The molecule has 1 rings (SSSR count). The first-order valence-corrected chi connectivity index (χ1v) is 5.89. The van der Waals surface area contributed by atoms with E-state index in [0.717, 1.165) is 0 Å². The lowest BCUT2D eigenvalue weighted by molar-refractivity contribution is -0.142. The summed E-state index contributed by atoms with van der Waals surface area (Å²) in [6.45, 7) is 0.104. The number of methoxy groups -OCH3 is 1. The first-order chi connectivity index (χ1) is 9.43. The van der Waals surface area contributed by atoms with Crippen molar-refractivity contribution in [2.75, 3.05) is 12.8 Å². The Hall–Kier alpha value is -2.57. The van der Waals surface area contributed by atoms with Gasteiger partial charge >= 0.3 is 11.9 Å². The highest BCUT2D eigenvalue weighted by molar-refractivity contribution is 5.88. The Kier molecular flexibility index (Phi) is 5.52. The molecule has 1 amide bonds. The zero-order valence-electron chi connectivity index (χ0n) is 11.0. The number of ether oxygens (including phenoxy) is 1. The average molecular weight is 280 g/mol. The standard InChI is InChI=1S/C13H16N2O5/c1-20-12(17)5-4-11(16)15-7-9-6-8(13(18)19)2-3-10(9)14/h2-3,6H,4-5,7,14H2,1H3,(H,15,16)(H,18,19). The van der Waals surface area contributed by atoms with Crippen LogP contribution in [0.4, 0.5) is 5.69 Å². The number of rotatable bonds is 6. The fraction of sp³-hybridized carbons (Fsp3) is 0.308. The minimum absolute atomic E-state index is 0.00516. The van der Waals surface area contributed by atoms with E-state index in [9.17, 15) is 14.4 Å². The number of hydrogen-bond acceptors (Lipinski definition) is 5. The Balaban J connectivity index is 2.56. The van der Waals surface area contributed by atoms with Gasteiger partial charge in [0.2, 0.25) is 5.91 Å². The zero-order chi connectivity index (χ0) is 15.1. The molecule has 7 nitrogen and oxygen atoms in total. The summed E-state index contributed by atoms with van der Waals surface area (Å²) in [5, 5.41) is 11.4. The first-order valence-electron chi connectivity index (χ1n) is 5.89. The third-order valence-corrected chi connectivity index (χ3v) is 2.65. The lowest BCUT2D eigenvalue weighted by atomic mass is 10.1. The molecular formula is C13H16N2O5. The number of carboxylic acid groups (broad SMARTS) is 1. The van der Waals surface area contributed by atoms with Crippen molar-refractivity contribution >= 4 is 23.5 Å². The number of aromatic carboxylic acids is 1. The maximum absolute atomic E-state index is 11.5. The molecule has 0 saturated carbocycles. The summed E-state index contributed by atoms with van der Waals surface area (Å²) in [4.78, 5) is 33.2. The van der Waals surface area contributed by atoms with Gasteiger partial charge in [-0.25, -0.2) is 4.79 Å². The van der Waals surface area contributed by atoms with Gasteiger partial charge in [-0.2, -0.15) is 0 Å². The number of anilines is 1. The van der Waals surface area contributed by atoms with Crippen LogP contribution in [0.3, 0.4) is 0 Å². The van der Waals surface area contributed by atoms with Crippen LogP contribution in [0.5, 0.6) is 0 Å². The number of carbonyl (C=O) groups is 3. The summed E-state index contributed by atoms with van der Waals surface area (Å²) in [5.74, 6) is -1.87. The Morgan fingerprint density at radius 3 is 2.60 bits per heavy atom. The van der Waals surface area contributed by atoms with Crippen LogP contribution in [0, 0.1) is 0 Å². The second-order valence-electron chi connectivity index (χ2n) is 4.07. The minimum atomic E-state index is -1.07. The number of esters is 1. The lowest BCUT2D eigenvalue weighted by Crippen LogP contribution is -2.24. The topological polar surface area (TPSA) is 119 Å². The highest BCUT2D eigenvalue weighted by Gasteiger charge is 2.09. The SMILES string of the molecule is COC(=O)CCC(=O)NCc1cc(C(=O)O)ccc1N. The van der Waals surface area contributed by atoms with Crippen molar-refractivity contribution in [2.45, 2.75) is 19.4 Å². The van der Waals surface area contributed by atoms with Gasteiger partial charge in [0, 0.05) is 18.7 Å². The van der Waals surface area contributed by atoms with Crippen molar-refractivity contribution in [3.63, 3.8) is 0 Å². The van der Waals surface area contributed by atoms with Gasteiger partial charge in [0.15, 0.2) is 0 Å². The van der Waals surface area contributed by atoms with Gasteiger partial charge in [-0.1, -0.05) is 0 Å². The summed E-state index contributed by atoms with van der Waals surface area (Å²) in [7, 11) is 1.25. The highest BCUT2D eigenvalue weighted by atomic mass is 16.5. The van der Waals surface area contributed by atoms with E-state index in [-0.39, 0.29) is 30.9 Å². The van der Waals surface area contributed by atoms with Crippen LogP contribution in [-0.2, 0) is 20.9 Å². The van der Waals surface area contributed by atoms with Crippen molar-refractivity contribution in [2.24, 2.45) is 0 Å². The van der Waals surface area contributed by atoms with E-state index in [0.29, 0.717) is 11.3 Å². The predicted molar refractivity (Wildman–Crippen MR) is 70.9 cm³/mol. The number of carbonyl (C=O) groups excluding carboxylic acids is 2. The first kappa shape index (κ1) is 15.5. The van der Waals surface area contributed by atoms with Crippen LogP contribution in [-0.4, -0.2) is 30.1 Å². The average Bonchev–Trinajstić information content (AvgIpc) is 2.43. The Bertz CT molecular complexity index is 527. The number of hydrogen-bond donors (Lipinski definition) is 3. The number of benzene rings is 1. The van der Waals surface area contributed by atoms with Gasteiger partial charge in [-0.05, 0) is 23.8 Å². The molecule has 108 valence electrons. The smallest absolute Gasteiger partial charge is 0.335 e. The minimum Gasteiger partial charge on any atom is -0.478 e. The normalized spacial score (nSPS) is 9.85. The second kappa shape index (κ2) is 7.13.